The van der Waals surface area contributed by atoms with Gasteiger partial charge in [-0.1, -0.05) is 41.9 Å². The highest BCUT2D eigenvalue weighted by molar-refractivity contribution is 7.80. The number of nitrogens with one attached hydrogen (secondary N) is 1. The van der Waals surface area contributed by atoms with E-state index in [1.165, 1.54) is 4.90 Å². The fourth-order valence-electron chi connectivity index (χ4n) is 2.34. The smallest absolute Gasteiger partial charge is 0.281 e. The van der Waals surface area contributed by atoms with Crippen LogP contribution in [0.5, 0.6) is 0 Å². The van der Waals surface area contributed by atoms with Gasteiger partial charge in [0.25, 0.3) is 5.91 Å². The Bertz CT molecular complexity index is 787. The van der Waals surface area contributed by atoms with Crippen molar-refractivity contribution in [2.24, 2.45) is 0 Å². The molecular formula is C17H13ClN2OS. The number of hydrogen-bond acceptors (Lipinski definition) is 2. The molecule has 1 fully saturated rings. The van der Waals surface area contributed by atoms with Crippen molar-refractivity contribution in [3.63, 3.8) is 0 Å². The number of carbonyl (C=O) groups is 1. The summed E-state index contributed by atoms with van der Waals surface area (Å²) in [5, 5.41) is 3.98. The van der Waals surface area contributed by atoms with Gasteiger partial charge in [-0.3, -0.25) is 9.69 Å². The Balaban J connectivity index is 1.97. The van der Waals surface area contributed by atoms with Crippen LogP contribution in [-0.4, -0.2) is 11.0 Å². The maximum atomic E-state index is 12.6. The van der Waals surface area contributed by atoms with Crippen molar-refractivity contribution in [3.8, 4) is 0 Å². The van der Waals surface area contributed by atoms with Crippen LogP contribution in [0.2, 0.25) is 5.02 Å². The largest absolute Gasteiger partial charge is 0.327 e. The summed E-state index contributed by atoms with van der Waals surface area (Å²) in [5.41, 5.74) is 3.04. The van der Waals surface area contributed by atoms with Gasteiger partial charge in [0.2, 0.25) is 0 Å². The Labute approximate surface area is 139 Å². The van der Waals surface area contributed by atoms with E-state index in [9.17, 15) is 4.79 Å². The Hall–Kier alpha value is -2.17. The number of rotatable bonds is 2. The molecule has 1 aliphatic heterocycles. The van der Waals surface area contributed by atoms with E-state index in [-0.39, 0.29) is 5.91 Å². The van der Waals surface area contributed by atoms with Crippen molar-refractivity contribution in [2.75, 3.05) is 4.90 Å². The minimum atomic E-state index is -0.167. The van der Waals surface area contributed by atoms with Crippen LogP contribution in [0.25, 0.3) is 6.08 Å². The summed E-state index contributed by atoms with van der Waals surface area (Å²) in [6.45, 7) is 1.90. The number of hydrogen-bond donors (Lipinski definition) is 1. The second-order valence-corrected chi connectivity index (χ2v) is 5.79. The predicted octanol–water partition coefficient (Wildman–Crippen LogP) is 3.91. The van der Waals surface area contributed by atoms with Crippen molar-refractivity contribution in [2.45, 2.75) is 6.92 Å². The molecule has 1 heterocycles. The number of benzene rings is 2. The third kappa shape index (κ3) is 2.75. The molecule has 22 heavy (non-hydrogen) atoms. The van der Waals surface area contributed by atoms with E-state index in [0.29, 0.717) is 15.8 Å². The van der Waals surface area contributed by atoms with Gasteiger partial charge in [-0.25, -0.2) is 0 Å². The van der Waals surface area contributed by atoms with Crippen LogP contribution in [0, 0.1) is 6.92 Å². The molecule has 1 aliphatic rings. The van der Waals surface area contributed by atoms with E-state index in [1.807, 2.05) is 43.3 Å². The fourth-order valence-corrected chi connectivity index (χ4v) is 2.86. The summed E-state index contributed by atoms with van der Waals surface area (Å²) in [5.74, 6) is -0.167. The second-order valence-electron chi connectivity index (χ2n) is 4.97. The molecule has 5 heteroatoms. The molecule has 0 atom stereocenters. The highest BCUT2D eigenvalue weighted by Crippen LogP contribution is 2.27. The van der Waals surface area contributed by atoms with Crippen molar-refractivity contribution in [1.29, 1.82) is 0 Å². The lowest BCUT2D eigenvalue weighted by atomic mass is 10.1. The first-order chi connectivity index (χ1) is 10.6. The maximum Gasteiger partial charge on any atom is 0.281 e. The van der Waals surface area contributed by atoms with Crippen LogP contribution < -0.4 is 10.2 Å². The van der Waals surface area contributed by atoms with Crippen molar-refractivity contribution >= 4 is 46.6 Å². The number of halogens is 1. The van der Waals surface area contributed by atoms with Crippen LogP contribution >= 0.6 is 23.8 Å². The number of carbonyl (C=O) groups excluding carboxylic acids is 1. The normalized spacial score (nSPS) is 16.3. The molecule has 110 valence electrons. The molecule has 3 nitrogen and oxygen atoms in total. The van der Waals surface area contributed by atoms with Crippen LogP contribution in [0.15, 0.2) is 54.2 Å². The van der Waals surface area contributed by atoms with Gasteiger partial charge in [0.05, 0.1) is 5.69 Å². The van der Waals surface area contributed by atoms with Gasteiger partial charge in [-0.05, 0) is 54.5 Å². The van der Waals surface area contributed by atoms with Crippen molar-refractivity contribution in [1.82, 2.24) is 5.32 Å². The Kier molecular flexibility index (Phi) is 3.96. The van der Waals surface area contributed by atoms with Crippen molar-refractivity contribution in [3.05, 3.63) is 70.4 Å². The monoisotopic (exact) mass is 328 g/mol. The molecule has 3 rings (SSSR count). The quantitative estimate of drug-likeness (QED) is 0.670. The number of nitrogens with zero attached hydrogens (tertiary/aromatic N) is 1. The molecule has 0 aliphatic carbocycles. The summed E-state index contributed by atoms with van der Waals surface area (Å²) >= 11 is 11.3. The molecule has 0 aromatic heterocycles. The molecule has 2 aromatic rings. The number of aryl methyl sites for hydroxylation is 1. The minimum absolute atomic E-state index is 0.167. The standard InChI is InChI=1S/C17H13ClN2OS/c1-11-9-13(18)7-8-15(11)20-16(21)14(19-17(20)22)10-12-5-3-2-4-6-12/h2-10H,1H3,(H,19,22)/b14-10+. The van der Waals surface area contributed by atoms with Gasteiger partial charge in [0.1, 0.15) is 5.70 Å². The summed E-state index contributed by atoms with van der Waals surface area (Å²) in [4.78, 5) is 14.1. The van der Waals surface area contributed by atoms with Gasteiger partial charge in [0.15, 0.2) is 5.11 Å². The molecule has 1 amide bonds. The average Bonchev–Trinajstić information content (AvgIpc) is 2.75. The zero-order valence-electron chi connectivity index (χ0n) is 11.8. The summed E-state index contributed by atoms with van der Waals surface area (Å²) < 4.78 is 0. The molecule has 0 bridgehead atoms. The first-order valence-electron chi connectivity index (χ1n) is 6.74. The highest BCUT2D eigenvalue weighted by atomic mass is 35.5. The minimum Gasteiger partial charge on any atom is -0.327 e. The van der Waals surface area contributed by atoms with E-state index in [1.54, 1.807) is 18.2 Å². The first kappa shape index (κ1) is 14.8. The van der Waals surface area contributed by atoms with Crippen LogP contribution in [0.4, 0.5) is 5.69 Å². The van der Waals surface area contributed by atoms with Gasteiger partial charge in [0, 0.05) is 5.02 Å². The van der Waals surface area contributed by atoms with E-state index in [0.717, 1.165) is 16.8 Å². The van der Waals surface area contributed by atoms with E-state index < -0.39 is 0 Å². The third-order valence-corrected chi connectivity index (χ3v) is 3.91. The predicted molar refractivity (Wildman–Crippen MR) is 93.8 cm³/mol. The van der Waals surface area contributed by atoms with E-state index >= 15 is 0 Å². The Morgan fingerprint density at radius 1 is 1.18 bits per heavy atom. The van der Waals surface area contributed by atoms with Gasteiger partial charge in [-0.2, -0.15) is 0 Å². The molecule has 2 aromatic carbocycles. The van der Waals surface area contributed by atoms with Gasteiger partial charge < -0.3 is 5.32 Å². The topological polar surface area (TPSA) is 32.3 Å². The molecule has 0 unspecified atom stereocenters. The molecule has 0 spiro atoms. The lowest BCUT2D eigenvalue weighted by Gasteiger charge is -2.16. The fraction of sp³-hybridized carbons (Fsp3) is 0.0588. The number of amides is 1. The Morgan fingerprint density at radius 2 is 1.91 bits per heavy atom. The number of anilines is 1. The zero-order valence-corrected chi connectivity index (χ0v) is 13.4. The second kappa shape index (κ2) is 5.91. The summed E-state index contributed by atoms with van der Waals surface area (Å²) in [6, 6.07) is 15.0. The Morgan fingerprint density at radius 3 is 2.59 bits per heavy atom. The number of thiocarbonyl (C=S) groups is 1. The SMILES string of the molecule is Cc1cc(Cl)ccc1N1C(=O)/C(=C\c2ccccc2)NC1=S. The van der Waals surface area contributed by atoms with Crippen molar-refractivity contribution < 1.29 is 4.79 Å². The highest BCUT2D eigenvalue weighted by Gasteiger charge is 2.32. The lowest BCUT2D eigenvalue weighted by Crippen LogP contribution is -2.30. The van der Waals surface area contributed by atoms with Crippen LogP contribution in [0.3, 0.4) is 0 Å². The summed E-state index contributed by atoms with van der Waals surface area (Å²) in [7, 11) is 0. The van der Waals surface area contributed by atoms with Crippen LogP contribution in [-0.2, 0) is 4.79 Å². The van der Waals surface area contributed by atoms with E-state index in [4.69, 9.17) is 23.8 Å². The third-order valence-electron chi connectivity index (χ3n) is 3.39. The van der Waals surface area contributed by atoms with Crippen LogP contribution in [0.1, 0.15) is 11.1 Å². The van der Waals surface area contributed by atoms with E-state index in [2.05, 4.69) is 5.32 Å². The molecule has 1 saturated heterocycles. The molecule has 0 radical (unpaired) electrons. The first-order valence-corrected chi connectivity index (χ1v) is 7.53. The lowest BCUT2D eigenvalue weighted by molar-refractivity contribution is -0.113. The molecular weight excluding hydrogens is 316 g/mol. The van der Waals surface area contributed by atoms with Gasteiger partial charge >= 0.3 is 0 Å². The average molecular weight is 329 g/mol. The van der Waals surface area contributed by atoms with Gasteiger partial charge in [-0.15, -0.1) is 0 Å². The molecule has 1 N–H and O–H groups in total. The molecule has 0 saturated carbocycles. The maximum absolute atomic E-state index is 12.6. The zero-order chi connectivity index (χ0) is 15.7. The summed E-state index contributed by atoms with van der Waals surface area (Å²) in [6.07, 6.45) is 1.79.